The molecule has 0 spiro atoms. The van der Waals surface area contributed by atoms with Crippen molar-refractivity contribution < 1.29 is 4.79 Å². The average molecular weight is 181 g/mol. The minimum absolute atomic E-state index is 0.579. The van der Waals surface area contributed by atoms with Crippen LogP contribution >= 0.6 is 0 Å². The molecule has 0 atom stereocenters. The van der Waals surface area contributed by atoms with Crippen LogP contribution in [0.2, 0.25) is 0 Å². The summed E-state index contributed by atoms with van der Waals surface area (Å²) in [6.07, 6.45) is 2.24. The van der Waals surface area contributed by atoms with Crippen LogP contribution in [0.5, 0.6) is 0 Å². The minimum atomic E-state index is 0.579. The summed E-state index contributed by atoms with van der Waals surface area (Å²) in [5.74, 6) is 5.06. The number of carbonyl (C=O) groups excluding carboxylic acids is 1. The Morgan fingerprint density at radius 3 is 3.00 bits per heavy atom. The van der Waals surface area contributed by atoms with E-state index in [-0.39, 0.29) is 0 Å². The maximum absolute atomic E-state index is 10.0. The van der Waals surface area contributed by atoms with Crippen molar-refractivity contribution in [2.75, 3.05) is 0 Å². The molecule has 1 heterocycles. The number of nitrogens with zero attached hydrogens (tertiary/aromatic N) is 1. The first-order chi connectivity index (χ1) is 6.90. The van der Waals surface area contributed by atoms with E-state index in [0.717, 1.165) is 16.5 Å². The number of rotatable bonds is 0. The van der Waals surface area contributed by atoms with Gasteiger partial charge in [0.1, 0.15) is 0 Å². The van der Waals surface area contributed by atoms with Gasteiger partial charge >= 0.3 is 0 Å². The molecule has 0 unspecified atom stereocenters. The van der Waals surface area contributed by atoms with Gasteiger partial charge in [-0.1, -0.05) is 24.1 Å². The molecule has 2 heteroatoms. The summed E-state index contributed by atoms with van der Waals surface area (Å²) in [5.41, 5.74) is 1.69. The third-order valence-corrected chi connectivity index (χ3v) is 1.87. The number of para-hydroxylation sites is 1. The van der Waals surface area contributed by atoms with Gasteiger partial charge in [-0.05, 0) is 18.1 Å². The van der Waals surface area contributed by atoms with Crippen LogP contribution in [-0.4, -0.2) is 11.3 Å². The Morgan fingerprint density at radius 1 is 1.29 bits per heavy atom. The summed E-state index contributed by atoms with van der Waals surface area (Å²) in [5, 5.41) is 1.03. The van der Waals surface area contributed by atoms with Gasteiger partial charge in [0.2, 0.25) is 0 Å². The van der Waals surface area contributed by atoms with Crippen molar-refractivity contribution in [3.63, 3.8) is 0 Å². The first-order valence-corrected chi connectivity index (χ1v) is 4.20. The molecular formula is C12H7NO. The van der Waals surface area contributed by atoms with Crippen LogP contribution in [0.25, 0.3) is 10.9 Å². The topological polar surface area (TPSA) is 30.0 Å². The number of benzene rings is 1. The fourth-order valence-electron chi connectivity index (χ4n) is 1.25. The number of aromatic nitrogens is 1. The highest BCUT2D eigenvalue weighted by atomic mass is 16.1. The first kappa shape index (κ1) is 8.46. The van der Waals surface area contributed by atoms with Crippen molar-refractivity contribution in [3.05, 3.63) is 42.1 Å². The molecule has 2 nitrogen and oxygen atoms in total. The summed E-state index contributed by atoms with van der Waals surface area (Å²) < 4.78 is 0. The van der Waals surface area contributed by atoms with Crippen molar-refractivity contribution in [1.29, 1.82) is 0 Å². The second-order valence-electron chi connectivity index (χ2n) is 2.80. The Balaban J connectivity index is 2.56. The van der Waals surface area contributed by atoms with E-state index in [1.54, 1.807) is 6.20 Å². The molecule has 0 aliphatic heterocycles. The monoisotopic (exact) mass is 181 g/mol. The summed E-state index contributed by atoms with van der Waals surface area (Å²) in [6.45, 7) is 0. The SMILES string of the molecule is O=CC#Cc1cnc2ccccc2c1. The van der Waals surface area contributed by atoms with Crippen molar-refractivity contribution in [2.24, 2.45) is 0 Å². The zero-order valence-electron chi connectivity index (χ0n) is 7.40. The third kappa shape index (κ3) is 1.62. The van der Waals surface area contributed by atoms with Crippen LogP contribution in [0.3, 0.4) is 0 Å². The Hall–Kier alpha value is -2.14. The van der Waals surface area contributed by atoms with Crippen LogP contribution in [0.1, 0.15) is 5.56 Å². The second-order valence-corrected chi connectivity index (χ2v) is 2.80. The van der Waals surface area contributed by atoms with Crippen molar-refractivity contribution in [3.8, 4) is 11.8 Å². The van der Waals surface area contributed by atoms with Gasteiger partial charge in [0.15, 0.2) is 6.29 Å². The molecule has 1 aromatic heterocycles. The zero-order chi connectivity index (χ0) is 9.80. The lowest BCUT2D eigenvalue weighted by atomic mass is 10.2. The summed E-state index contributed by atoms with van der Waals surface area (Å²) in [7, 11) is 0. The van der Waals surface area contributed by atoms with Gasteiger partial charge in [-0.25, -0.2) is 0 Å². The van der Waals surface area contributed by atoms with Gasteiger partial charge in [-0.2, -0.15) is 0 Å². The lowest BCUT2D eigenvalue weighted by Gasteiger charge is -1.95. The van der Waals surface area contributed by atoms with Gasteiger partial charge in [-0.3, -0.25) is 9.78 Å². The maximum atomic E-state index is 10.0. The van der Waals surface area contributed by atoms with Crippen LogP contribution in [-0.2, 0) is 4.79 Å². The van der Waals surface area contributed by atoms with Crippen LogP contribution in [0, 0.1) is 11.8 Å². The molecule has 1 aromatic carbocycles. The first-order valence-electron chi connectivity index (χ1n) is 4.20. The van der Waals surface area contributed by atoms with E-state index in [2.05, 4.69) is 16.8 Å². The summed E-state index contributed by atoms with van der Waals surface area (Å²) in [4.78, 5) is 14.3. The molecule has 0 amide bonds. The van der Waals surface area contributed by atoms with E-state index >= 15 is 0 Å². The molecule has 0 fully saturated rings. The molecule has 0 radical (unpaired) electrons. The number of hydrogen-bond acceptors (Lipinski definition) is 2. The van der Waals surface area contributed by atoms with Gasteiger partial charge < -0.3 is 0 Å². The zero-order valence-corrected chi connectivity index (χ0v) is 7.40. The Morgan fingerprint density at radius 2 is 2.14 bits per heavy atom. The fourth-order valence-corrected chi connectivity index (χ4v) is 1.25. The van der Waals surface area contributed by atoms with Crippen molar-refractivity contribution in [1.82, 2.24) is 4.98 Å². The highest BCUT2D eigenvalue weighted by molar-refractivity contribution is 5.80. The highest BCUT2D eigenvalue weighted by Crippen LogP contribution is 2.11. The number of pyridine rings is 1. The number of aldehydes is 1. The highest BCUT2D eigenvalue weighted by Gasteiger charge is 1.93. The Labute approximate surface area is 81.6 Å². The van der Waals surface area contributed by atoms with Crippen LogP contribution in [0.4, 0.5) is 0 Å². The molecule has 0 aliphatic carbocycles. The quantitative estimate of drug-likeness (QED) is 0.458. The molecule has 2 rings (SSSR count). The van der Waals surface area contributed by atoms with Crippen LogP contribution in [0.15, 0.2) is 36.5 Å². The predicted octanol–water partition coefficient (Wildman–Crippen LogP) is 1.79. The van der Waals surface area contributed by atoms with Gasteiger partial charge in [0.05, 0.1) is 5.52 Å². The minimum Gasteiger partial charge on any atom is -0.289 e. The van der Waals surface area contributed by atoms with E-state index in [9.17, 15) is 4.79 Å². The van der Waals surface area contributed by atoms with Crippen LogP contribution < -0.4 is 0 Å². The normalized spacial score (nSPS) is 9.14. The maximum Gasteiger partial charge on any atom is 0.193 e. The second kappa shape index (κ2) is 3.71. The van der Waals surface area contributed by atoms with Gasteiger partial charge in [0, 0.05) is 17.1 Å². The smallest absolute Gasteiger partial charge is 0.193 e. The molecule has 0 saturated heterocycles. The van der Waals surface area contributed by atoms with E-state index in [4.69, 9.17) is 0 Å². The summed E-state index contributed by atoms with van der Waals surface area (Å²) in [6, 6.07) is 9.70. The third-order valence-electron chi connectivity index (χ3n) is 1.87. The van der Waals surface area contributed by atoms with E-state index in [1.165, 1.54) is 0 Å². The predicted molar refractivity (Wildman–Crippen MR) is 54.7 cm³/mol. The Kier molecular flexibility index (Phi) is 2.24. The standard InChI is InChI=1S/C12H7NO/c14-7-3-4-10-8-11-5-1-2-6-12(11)13-9-10/h1-2,5-9H. The lowest BCUT2D eigenvalue weighted by molar-refractivity contribution is -0.103. The molecule has 2 aromatic rings. The molecule has 0 N–H and O–H groups in total. The van der Waals surface area contributed by atoms with E-state index in [0.29, 0.717) is 6.29 Å². The fraction of sp³-hybridized carbons (Fsp3) is 0. The average Bonchev–Trinajstić information content (AvgIpc) is 2.26. The van der Waals surface area contributed by atoms with Crippen molar-refractivity contribution in [2.45, 2.75) is 0 Å². The molecular weight excluding hydrogens is 174 g/mol. The van der Waals surface area contributed by atoms with Gasteiger partial charge in [0.25, 0.3) is 0 Å². The largest absolute Gasteiger partial charge is 0.289 e. The van der Waals surface area contributed by atoms with E-state index in [1.807, 2.05) is 30.3 Å². The number of hydrogen-bond donors (Lipinski definition) is 0. The molecule has 0 aliphatic rings. The number of fused-ring (bicyclic) bond motifs is 1. The van der Waals surface area contributed by atoms with Gasteiger partial charge in [-0.15, -0.1) is 0 Å². The molecule has 14 heavy (non-hydrogen) atoms. The molecule has 0 saturated carbocycles. The van der Waals surface area contributed by atoms with Crippen molar-refractivity contribution >= 4 is 17.2 Å². The lowest BCUT2D eigenvalue weighted by Crippen LogP contribution is -1.81. The Bertz CT molecular complexity index is 535. The van der Waals surface area contributed by atoms with E-state index < -0.39 is 0 Å². The number of carbonyl (C=O) groups is 1. The molecule has 66 valence electrons. The summed E-state index contributed by atoms with van der Waals surface area (Å²) >= 11 is 0. The molecule has 0 bridgehead atoms.